The van der Waals surface area contributed by atoms with Crippen LogP contribution in [0.4, 0.5) is 5.82 Å². The van der Waals surface area contributed by atoms with E-state index in [-0.39, 0.29) is 0 Å². The third-order valence-corrected chi connectivity index (χ3v) is 3.53. The molecule has 4 nitrogen and oxygen atoms in total. The Kier molecular flexibility index (Phi) is 3.31. The van der Waals surface area contributed by atoms with Crippen LogP contribution in [0.5, 0.6) is 5.75 Å². The Hall–Kier alpha value is -1.20. The molecule has 1 aromatic heterocycles. The first kappa shape index (κ1) is 12.3. The molecule has 0 fully saturated rings. The van der Waals surface area contributed by atoms with E-state index >= 15 is 0 Å². The average Bonchev–Trinajstić information content (AvgIpc) is 2.63. The molecule has 2 aromatic rings. The van der Waals surface area contributed by atoms with Crippen molar-refractivity contribution in [3.63, 3.8) is 0 Å². The highest BCUT2D eigenvalue weighted by molar-refractivity contribution is 9.10. The van der Waals surface area contributed by atoms with Crippen LogP contribution in [0.1, 0.15) is 0 Å². The lowest BCUT2D eigenvalue weighted by Gasteiger charge is -2.09. The molecule has 0 atom stereocenters. The maximum absolute atomic E-state index is 6.04. The van der Waals surface area contributed by atoms with Gasteiger partial charge in [-0.05, 0) is 28.1 Å². The third kappa shape index (κ3) is 2.12. The minimum absolute atomic E-state index is 0.579. The number of benzene rings is 1. The average molecular weight is 317 g/mol. The van der Waals surface area contributed by atoms with E-state index in [9.17, 15) is 0 Å². The van der Waals surface area contributed by atoms with Gasteiger partial charge in [0.15, 0.2) is 0 Å². The number of hydrogen-bond donors (Lipinski definition) is 1. The molecule has 0 saturated carbocycles. The van der Waals surface area contributed by atoms with Gasteiger partial charge >= 0.3 is 0 Å². The van der Waals surface area contributed by atoms with Gasteiger partial charge in [-0.1, -0.05) is 11.6 Å². The summed E-state index contributed by atoms with van der Waals surface area (Å²) in [5, 5.41) is 4.69. The SMILES string of the molecule is COc1cc(Cl)cc(-c2cnn(C)c2N)c1Br. The fourth-order valence-electron chi connectivity index (χ4n) is 1.56. The van der Waals surface area contributed by atoms with Crippen LogP contribution in [0.25, 0.3) is 11.1 Å². The number of rotatable bonds is 2. The predicted octanol–water partition coefficient (Wildman–Crippen LogP) is 3.09. The zero-order chi connectivity index (χ0) is 12.6. The van der Waals surface area contributed by atoms with Gasteiger partial charge in [-0.25, -0.2) is 0 Å². The van der Waals surface area contributed by atoms with Crippen molar-refractivity contribution in [2.45, 2.75) is 0 Å². The van der Waals surface area contributed by atoms with Gasteiger partial charge in [0.2, 0.25) is 0 Å². The van der Waals surface area contributed by atoms with Crippen LogP contribution < -0.4 is 10.5 Å². The Bertz CT molecular complexity index is 568. The summed E-state index contributed by atoms with van der Waals surface area (Å²) in [7, 11) is 3.38. The molecule has 0 aliphatic rings. The second-order valence-corrected chi connectivity index (χ2v) is 4.77. The number of nitrogen functional groups attached to an aromatic ring is 1. The number of aromatic nitrogens is 2. The van der Waals surface area contributed by atoms with Crippen LogP contribution in [0.2, 0.25) is 5.02 Å². The molecule has 1 aromatic carbocycles. The highest BCUT2D eigenvalue weighted by Gasteiger charge is 2.15. The summed E-state index contributed by atoms with van der Waals surface area (Å²) in [5.74, 6) is 1.24. The smallest absolute Gasteiger partial charge is 0.135 e. The minimum Gasteiger partial charge on any atom is -0.496 e. The van der Waals surface area contributed by atoms with E-state index in [0.717, 1.165) is 15.6 Å². The van der Waals surface area contributed by atoms with Gasteiger partial charge in [0, 0.05) is 23.2 Å². The zero-order valence-electron chi connectivity index (χ0n) is 9.37. The first-order valence-electron chi connectivity index (χ1n) is 4.85. The van der Waals surface area contributed by atoms with E-state index in [4.69, 9.17) is 22.1 Å². The van der Waals surface area contributed by atoms with Crippen LogP contribution in [-0.4, -0.2) is 16.9 Å². The summed E-state index contributed by atoms with van der Waals surface area (Å²) < 4.78 is 7.65. The molecule has 1 heterocycles. The van der Waals surface area contributed by atoms with E-state index in [1.54, 1.807) is 31.1 Å². The molecule has 0 saturated heterocycles. The molecule has 6 heteroatoms. The Morgan fingerprint density at radius 2 is 2.12 bits per heavy atom. The highest BCUT2D eigenvalue weighted by atomic mass is 79.9. The topological polar surface area (TPSA) is 53.1 Å². The zero-order valence-corrected chi connectivity index (χ0v) is 11.7. The van der Waals surface area contributed by atoms with Crippen molar-refractivity contribution in [3.8, 4) is 16.9 Å². The third-order valence-electron chi connectivity index (χ3n) is 2.50. The lowest BCUT2D eigenvalue weighted by molar-refractivity contribution is 0.412. The van der Waals surface area contributed by atoms with Crippen molar-refractivity contribution < 1.29 is 4.74 Å². The van der Waals surface area contributed by atoms with Crippen molar-refractivity contribution in [1.82, 2.24) is 9.78 Å². The molecule has 90 valence electrons. The summed E-state index contributed by atoms with van der Waals surface area (Å²) in [6, 6.07) is 3.56. The summed E-state index contributed by atoms with van der Waals surface area (Å²) in [5.41, 5.74) is 7.62. The van der Waals surface area contributed by atoms with Crippen molar-refractivity contribution in [3.05, 3.63) is 27.8 Å². The van der Waals surface area contributed by atoms with E-state index in [0.29, 0.717) is 16.6 Å². The first-order chi connectivity index (χ1) is 8.04. The number of methoxy groups -OCH3 is 1. The van der Waals surface area contributed by atoms with E-state index in [2.05, 4.69) is 21.0 Å². The summed E-state index contributed by atoms with van der Waals surface area (Å²) in [6.07, 6.45) is 1.70. The molecule has 2 rings (SSSR count). The van der Waals surface area contributed by atoms with Gasteiger partial charge < -0.3 is 10.5 Å². The van der Waals surface area contributed by atoms with Crippen LogP contribution >= 0.6 is 27.5 Å². The molecule has 17 heavy (non-hydrogen) atoms. The number of hydrogen-bond acceptors (Lipinski definition) is 3. The number of nitrogens with two attached hydrogens (primary N) is 1. The molecule has 0 bridgehead atoms. The molecule has 0 aliphatic carbocycles. The number of anilines is 1. The lowest BCUT2D eigenvalue weighted by Crippen LogP contribution is -1.98. The van der Waals surface area contributed by atoms with Crippen molar-refractivity contribution >= 4 is 33.3 Å². The highest BCUT2D eigenvalue weighted by Crippen LogP contribution is 2.40. The molecular formula is C11H11BrClN3O. The largest absolute Gasteiger partial charge is 0.496 e. The van der Waals surface area contributed by atoms with Gasteiger partial charge in [-0.3, -0.25) is 4.68 Å². The van der Waals surface area contributed by atoms with Crippen LogP contribution in [0.15, 0.2) is 22.8 Å². The maximum atomic E-state index is 6.04. The Morgan fingerprint density at radius 3 is 2.65 bits per heavy atom. The predicted molar refractivity (Wildman–Crippen MR) is 72.3 cm³/mol. The lowest BCUT2D eigenvalue weighted by atomic mass is 10.1. The van der Waals surface area contributed by atoms with Crippen LogP contribution in [0, 0.1) is 0 Å². The molecule has 0 spiro atoms. The molecule has 0 aliphatic heterocycles. The quantitative estimate of drug-likeness (QED) is 0.926. The van der Waals surface area contributed by atoms with Gasteiger partial charge in [0.05, 0.1) is 17.8 Å². The minimum atomic E-state index is 0.579. The standard InChI is InChI=1S/C11H11BrClN3O/c1-16-11(14)8(5-15-16)7-3-6(13)4-9(17-2)10(7)12/h3-5H,14H2,1-2H3. The molecule has 2 N–H and O–H groups in total. The van der Waals surface area contributed by atoms with E-state index in [1.165, 1.54) is 0 Å². The molecular weight excluding hydrogens is 305 g/mol. The summed E-state index contributed by atoms with van der Waals surface area (Å²) in [6.45, 7) is 0. The number of nitrogens with zero attached hydrogens (tertiary/aromatic N) is 2. The van der Waals surface area contributed by atoms with Gasteiger partial charge in [-0.15, -0.1) is 0 Å². The summed E-state index contributed by atoms with van der Waals surface area (Å²) >= 11 is 9.52. The Morgan fingerprint density at radius 1 is 1.41 bits per heavy atom. The van der Waals surface area contributed by atoms with Gasteiger partial charge in [-0.2, -0.15) is 5.10 Å². The number of ether oxygens (including phenoxy) is 1. The molecule has 0 amide bonds. The van der Waals surface area contributed by atoms with Gasteiger partial charge in [0.25, 0.3) is 0 Å². The van der Waals surface area contributed by atoms with Crippen molar-refractivity contribution in [1.29, 1.82) is 0 Å². The summed E-state index contributed by atoms with van der Waals surface area (Å²) in [4.78, 5) is 0. The van der Waals surface area contributed by atoms with Crippen molar-refractivity contribution in [2.75, 3.05) is 12.8 Å². The second kappa shape index (κ2) is 4.58. The fourth-order valence-corrected chi connectivity index (χ4v) is 2.38. The van der Waals surface area contributed by atoms with E-state index in [1.807, 2.05) is 6.07 Å². The molecule has 0 unspecified atom stereocenters. The normalized spacial score (nSPS) is 10.6. The Labute approximate surface area is 112 Å². The van der Waals surface area contributed by atoms with Crippen molar-refractivity contribution in [2.24, 2.45) is 7.05 Å². The fraction of sp³-hybridized carbons (Fsp3) is 0.182. The Balaban J connectivity index is 2.67. The van der Waals surface area contributed by atoms with Gasteiger partial charge in [0.1, 0.15) is 11.6 Å². The van der Waals surface area contributed by atoms with Crippen LogP contribution in [0.3, 0.4) is 0 Å². The first-order valence-corrected chi connectivity index (χ1v) is 6.02. The number of aryl methyl sites for hydroxylation is 1. The van der Waals surface area contributed by atoms with Crippen LogP contribution in [-0.2, 0) is 7.05 Å². The maximum Gasteiger partial charge on any atom is 0.135 e. The molecule has 0 radical (unpaired) electrons. The monoisotopic (exact) mass is 315 g/mol. The number of halogens is 2. The second-order valence-electron chi connectivity index (χ2n) is 3.54. The van der Waals surface area contributed by atoms with E-state index < -0.39 is 0 Å².